The largest absolute Gasteiger partial charge is 0.497 e. The van der Waals surface area contributed by atoms with Gasteiger partial charge >= 0.3 is 0 Å². The lowest BCUT2D eigenvalue weighted by atomic mass is 9.84. The number of nitrogens with one attached hydrogen (secondary N) is 2. The average Bonchev–Trinajstić information content (AvgIpc) is 3.22. The van der Waals surface area contributed by atoms with Gasteiger partial charge in [0.1, 0.15) is 5.75 Å². The van der Waals surface area contributed by atoms with E-state index in [0.29, 0.717) is 19.0 Å². The summed E-state index contributed by atoms with van der Waals surface area (Å²) < 4.78 is 5.19. The molecule has 30 heavy (non-hydrogen) atoms. The second-order valence-electron chi connectivity index (χ2n) is 8.20. The van der Waals surface area contributed by atoms with Crippen LogP contribution in [0.5, 0.6) is 5.75 Å². The molecule has 0 radical (unpaired) electrons. The third-order valence-electron chi connectivity index (χ3n) is 5.50. The Morgan fingerprint density at radius 3 is 2.20 bits per heavy atom. The van der Waals surface area contributed by atoms with Crippen molar-refractivity contribution in [2.45, 2.75) is 32.2 Å². The Morgan fingerprint density at radius 2 is 1.67 bits per heavy atom. The molecule has 1 aromatic rings. The molecule has 0 unspecified atom stereocenters. The lowest BCUT2D eigenvalue weighted by Crippen LogP contribution is -2.50. The first-order valence-electron chi connectivity index (χ1n) is 10.3. The minimum Gasteiger partial charge on any atom is -0.497 e. The van der Waals surface area contributed by atoms with Crippen molar-refractivity contribution in [2.75, 3.05) is 48.4 Å². The molecule has 0 spiro atoms. The van der Waals surface area contributed by atoms with E-state index in [1.165, 1.54) is 4.90 Å². The number of aliphatic imine (C=N–C) groups is 1. The zero-order valence-corrected chi connectivity index (χ0v) is 18.8. The van der Waals surface area contributed by atoms with Crippen molar-refractivity contribution in [1.29, 1.82) is 0 Å². The van der Waals surface area contributed by atoms with Crippen LogP contribution in [-0.4, -0.2) is 76.0 Å². The van der Waals surface area contributed by atoms with E-state index in [-0.39, 0.29) is 18.4 Å². The maximum Gasteiger partial charge on any atom is 0.241 e. The molecule has 2 N–H and O–H groups in total. The molecule has 166 valence electrons. The van der Waals surface area contributed by atoms with Crippen molar-refractivity contribution in [2.24, 2.45) is 10.4 Å². The second kappa shape index (κ2) is 10.8. The quantitative estimate of drug-likeness (QED) is 0.494. The first kappa shape index (κ1) is 23.5. The van der Waals surface area contributed by atoms with Gasteiger partial charge in [0, 0.05) is 34.7 Å². The van der Waals surface area contributed by atoms with Crippen molar-refractivity contribution in [3.8, 4) is 5.75 Å². The number of guanidine groups is 1. The highest BCUT2D eigenvalue weighted by Gasteiger charge is 2.42. The highest BCUT2D eigenvalue weighted by atomic mass is 16.5. The van der Waals surface area contributed by atoms with Gasteiger partial charge in [-0.05, 0) is 30.5 Å². The number of rotatable bonds is 8. The highest BCUT2D eigenvalue weighted by Crippen LogP contribution is 2.38. The molecule has 8 nitrogen and oxygen atoms in total. The SMILES string of the molecule is COc1ccc(CN=C(NCC(=O)N(C)C)NCC2(C(=O)N(C)C)CCCC2)cc1. The lowest BCUT2D eigenvalue weighted by Gasteiger charge is -2.31. The van der Waals surface area contributed by atoms with Gasteiger partial charge < -0.3 is 25.2 Å². The summed E-state index contributed by atoms with van der Waals surface area (Å²) in [5, 5.41) is 6.42. The predicted octanol–water partition coefficient (Wildman–Crippen LogP) is 1.47. The van der Waals surface area contributed by atoms with Gasteiger partial charge in [0.2, 0.25) is 11.8 Å². The van der Waals surface area contributed by atoms with E-state index < -0.39 is 5.41 Å². The average molecular weight is 418 g/mol. The number of likely N-dealkylation sites (N-methyl/N-ethyl adjacent to an activating group) is 1. The molecule has 8 heteroatoms. The zero-order chi connectivity index (χ0) is 22.1. The molecule has 1 fully saturated rings. The third kappa shape index (κ3) is 6.37. The van der Waals surface area contributed by atoms with Crippen molar-refractivity contribution in [3.63, 3.8) is 0 Å². The second-order valence-corrected chi connectivity index (χ2v) is 8.20. The van der Waals surface area contributed by atoms with Crippen LogP contribution >= 0.6 is 0 Å². The van der Waals surface area contributed by atoms with Crippen molar-refractivity contribution in [3.05, 3.63) is 29.8 Å². The minimum atomic E-state index is -0.419. The summed E-state index contributed by atoms with van der Waals surface area (Å²) in [5.74, 6) is 1.42. The number of hydrogen-bond acceptors (Lipinski definition) is 4. The van der Waals surface area contributed by atoms with Crippen LogP contribution < -0.4 is 15.4 Å². The Balaban J connectivity index is 2.11. The summed E-state index contributed by atoms with van der Waals surface area (Å²) in [5.41, 5.74) is 0.605. The fourth-order valence-electron chi connectivity index (χ4n) is 3.64. The van der Waals surface area contributed by atoms with Crippen LogP contribution in [0, 0.1) is 5.41 Å². The number of hydrogen-bond donors (Lipinski definition) is 2. The van der Waals surface area contributed by atoms with Crippen molar-refractivity contribution < 1.29 is 14.3 Å². The molecule has 0 heterocycles. The first-order chi connectivity index (χ1) is 14.3. The minimum absolute atomic E-state index is 0.0473. The van der Waals surface area contributed by atoms with E-state index in [9.17, 15) is 9.59 Å². The standard InChI is InChI=1S/C22H35N5O3/c1-26(2)19(28)15-24-21(23-14-17-8-10-18(30-5)11-9-17)25-16-22(12-6-7-13-22)20(29)27(3)4/h8-11H,6-7,12-16H2,1-5H3,(H2,23,24,25). The van der Waals surface area contributed by atoms with Crippen LogP contribution in [0.3, 0.4) is 0 Å². The van der Waals surface area contributed by atoms with Gasteiger partial charge in [-0.15, -0.1) is 0 Å². The Kier molecular flexibility index (Phi) is 8.50. The molecule has 1 saturated carbocycles. The summed E-state index contributed by atoms with van der Waals surface area (Å²) >= 11 is 0. The van der Waals surface area contributed by atoms with Crippen LogP contribution in [0.2, 0.25) is 0 Å². The number of carbonyl (C=O) groups is 2. The van der Waals surface area contributed by atoms with Gasteiger partial charge in [0.05, 0.1) is 25.6 Å². The van der Waals surface area contributed by atoms with Crippen LogP contribution in [0.15, 0.2) is 29.3 Å². The first-order valence-corrected chi connectivity index (χ1v) is 10.3. The molecule has 2 rings (SSSR count). The normalized spacial score (nSPS) is 15.4. The van der Waals surface area contributed by atoms with Crippen LogP contribution in [0.4, 0.5) is 0 Å². The Hall–Kier alpha value is -2.77. The summed E-state index contributed by atoms with van der Waals surface area (Å²) in [6.45, 7) is 1.08. The molecule has 0 aliphatic heterocycles. The Morgan fingerprint density at radius 1 is 1.03 bits per heavy atom. The molecule has 0 atom stereocenters. The van der Waals surface area contributed by atoms with Gasteiger partial charge in [-0.3, -0.25) is 9.59 Å². The molecule has 1 aromatic carbocycles. The summed E-state index contributed by atoms with van der Waals surface area (Å²) in [4.78, 5) is 32.7. The van der Waals surface area contributed by atoms with Crippen molar-refractivity contribution in [1.82, 2.24) is 20.4 Å². The van der Waals surface area contributed by atoms with Crippen molar-refractivity contribution >= 4 is 17.8 Å². The molecule has 0 aromatic heterocycles. The van der Waals surface area contributed by atoms with E-state index in [2.05, 4.69) is 15.6 Å². The highest BCUT2D eigenvalue weighted by molar-refractivity contribution is 5.87. The molecular formula is C22H35N5O3. The third-order valence-corrected chi connectivity index (χ3v) is 5.50. The van der Waals surface area contributed by atoms with Crippen LogP contribution in [0.1, 0.15) is 31.2 Å². The van der Waals surface area contributed by atoms with E-state index in [1.807, 2.05) is 24.3 Å². The van der Waals surface area contributed by atoms with E-state index in [0.717, 1.165) is 37.0 Å². The fraction of sp³-hybridized carbons (Fsp3) is 0.591. The maximum absolute atomic E-state index is 12.8. The monoisotopic (exact) mass is 417 g/mol. The molecule has 0 bridgehead atoms. The lowest BCUT2D eigenvalue weighted by molar-refractivity contribution is -0.138. The number of amides is 2. The predicted molar refractivity (Wildman–Crippen MR) is 118 cm³/mol. The summed E-state index contributed by atoms with van der Waals surface area (Å²) in [6, 6.07) is 7.70. The number of benzene rings is 1. The molecule has 2 amide bonds. The van der Waals surface area contributed by atoms with E-state index >= 15 is 0 Å². The molecule has 0 saturated heterocycles. The van der Waals surface area contributed by atoms with Crippen LogP contribution in [0.25, 0.3) is 0 Å². The molecule has 1 aliphatic rings. The molecule has 1 aliphatic carbocycles. The number of ether oxygens (including phenoxy) is 1. The maximum atomic E-state index is 12.8. The Labute approximate surface area is 179 Å². The van der Waals surface area contributed by atoms with E-state index in [1.54, 1.807) is 40.2 Å². The fourth-order valence-corrected chi connectivity index (χ4v) is 3.64. The smallest absolute Gasteiger partial charge is 0.241 e. The number of methoxy groups -OCH3 is 1. The number of nitrogens with zero attached hydrogens (tertiary/aromatic N) is 3. The Bertz CT molecular complexity index is 738. The zero-order valence-electron chi connectivity index (χ0n) is 18.8. The van der Waals surface area contributed by atoms with Gasteiger partial charge in [0.15, 0.2) is 5.96 Å². The summed E-state index contributed by atoms with van der Waals surface area (Å²) in [7, 11) is 8.67. The van der Waals surface area contributed by atoms with Crippen LogP contribution in [-0.2, 0) is 16.1 Å². The van der Waals surface area contributed by atoms with Gasteiger partial charge in [0.25, 0.3) is 0 Å². The summed E-state index contributed by atoms with van der Waals surface area (Å²) in [6.07, 6.45) is 3.82. The van der Waals surface area contributed by atoms with Gasteiger partial charge in [-0.2, -0.15) is 0 Å². The van der Waals surface area contributed by atoms with Gasteiger partial charge in [-0.25, -0.2) is 4.99 Å². The van der Waals surface area contributed by atoms with Gasteiger partial charge in [-0.1, -0.05) is 25.0 Å². The topological polar surface area (TPSA) is 86.3 Å². The number of carbonyl (C=O) groups excluding carboxylic acids is 2. The van der Waals surface area contributed by atoms with E-state index in [4.69, 9.17) is 4.74 Å². The molecular weight excluding hydrogens is 382 g/mol.